The number of carbonyl (C=O) groups excluding carboxylic acids is 1. The predicted molar refractivity (Wildman–Crippen MR) is 28.4 cm³/mol. The van der Waals surface area contributed by atoms with Crippen LogP contribution in [-0.4, -0.2) is 11.1 Å². The number of rotatable bonds is 0. The van der Waals surface area contributed by atoms with E-state index in [1.54, 1.807) is 0 Å². The largest absolute Gasteiger partial charge is 2.00 e. The zero-order chi connectivity index (χ0) is 4.28. The molecule has 0 saturated carbocycles. The summed E-state index contributed by atoms with van der Waals surface area (Å²) in [6, 6.07) is 0. The minimum Gasteiger partial charge on any atom is -0.358 e. The fraction of sp³-hybridized carbons (Fsp3) is 0.250. The smallest absolute Gasteiger partial charge is 0.358 e. The van der Waals surface area contributed by atoms with E-state index >= 15 is 0 Å². The van der Waals surface area contributed by atoms with Crippen LogP contribution in [0.15, 0.2) is 0 Å². The van der Waals surface area contributed by atoms with Gasteiger partial charge in [0.1, 0.15) is 0 Å². The van der Waals surface area contributed by atoms with E-state index in [0.29, 0.717) is 0 Å². The van der Waals surface area contributed by atoms with Crippen LogP contribution in [0.25, 0.3) is 0 Å². The predicted octanol–water partition coefficient (Wildman–Crippen LogP) is 0.410. The van der Waals surface area contributed by atoms with Gasteiger partial charge in [-0.15, -0.1) is 0 Å². The first-order chi connectivity index (χ1) is 2.27. The number of carbonyl (C=O) groups is 1. The zero-order valence-electron chi connectivity index (χ0n) is 5.30. The molecule has 0 aliphatic heterocycles. The molecule has 0 spiro atoms. The van der Waals surface area contributed by atoms with Crippen molar-refractivity contribution in [3.63, 3.8) is 0 Å². The van der Waals surface area contributed by atoms with Crippen molar-refractivity contribution in [3.8, 4) is 0 Å². The molecule has 0 aromatic rings. The summed E-state index contributed by atoms with van der Waals surface area (Å²) >= 11 is 0. The third-order valence-corrected chi connectivity index (χ3v) is 0.157. The minimum absolute atomic E-state index is 0. The van der Waals surface area contributed by atoms with Crippen LogP contribution in [0.5, 0.6) is 0 Å². The fourth-order valence-electron chi connectivity index (χ4n) is 0. The number of hydrogen-bond donors (Lipinski definition) is 2. The zero-order valence-corrected chi connectivity index (χ0v) is 6.70. The van der Waals surface area contributed by atoms with Gasteiger partial charge in [-0.3, -0.25) is 10.0 Å². The van der Waals surface area contributed by atoms with E-state index in [9.17, 15) is 4.79 Å². The van der Waals surface area contributed by atoms with Crippen molar-refractivity contribution in [3.05, 3.63) is 14.9 Å². The van der Waals surface area contributed by atoms with Crippen LogP contribution in [0.4, 0.5) is 0 Å². The SMILES string of the molecule is CC(=O)NO.[CH3-].[CH3-].[V+2]. The van der Waals surface area contributed by atoms with Crippen LogP contribution in [0, 0.1) is 14.9 Å². The van der Waals surface area contributed by atoms with Gasteiger partial charge in [0.15, 0.2) is 0 Å². The van der Waals surface area contributed by atoms with Gasteiger partial charge >= 0.3 is 18.6 Å². The maximum atomic E-state index is 9.45. The Hall–Kier alpha value is 0.0144. The molecule has 0 unspecified atom stereocenters. The molecule has 0 fully saturated rings. The summed E-state index contributed by atoms with van der Waals surface area (Å²) in [7, 11) is 0. The second-order valence-corrected chi connectivity index (χ2v) is 0.668. The number of nitrogens with one attached hydrogen (secondary N) is 1. The van der Waals surface area contributed by atoms with Crippen LogP contribution in [0.1, 0.15) is 6.92 Å². The van der Waals surface area contributed by atoms with Crippen molar-refractivity contribution in [2.45, 2.75) is 6.92 Å². The Bertz CT molecular complexity index is 49.3. The molecule has 8 heavy (non-hydrogen) atoms. The van der Waals surface area contributed by atoms with Gasteiger partial charge < -0.3 is 14.9 Å². The Morgan fingerprint density at radius 3 is 1.62 bits per heavy atom. The summed E-state index contributed by atoms with van der Waals surface area (Å²) in [5, 5.41) is 7.54. The van der Waals surface area contributed by atoms with Gasteiger partial charge in [-0.2, -0.15) is 0 Å². The maximum absolute atomic E-state index is 9.45. The van der Waals surface area contributed by atoms with Crippen molar-refractivity contribution in [1.29, 1.82) is 0 Å². The van der Waals surface area contributed by atoms with E-state index < -0.39 is 5.91 Å². The molecule has 0 rings (SSSR count). The topological polar surface area (TPSA) is 49.3 Å². The van der Waals surface area contributed by atoms with Crippen LogP contribution < -0.4 is 5.48 Å². The molecule has 49 valence electrons. The van der Waals surface area contributed by atoms with Gasteiger partial charge in [0.2, 0.25) is 5.91 Å². The molecule has 0 heterocycles. The molecule has 0 aromatic heterocycles. The molecule has 0 bridgehead atoms. The van der Waals surface area contributed by atoms with Gasteiger partial charge in [0.05, 0.1) is 0 Å². The Kier molecular flexibility index (Phi) is 48.2. The molecule has 0 saturated heterocycles. The van der Waals surface area contributed by atoms with Crippen LogP contribution in [0.2, 0.25) is 0 Å². The van der Waals surface area contributed by atoms with E-state index in [1.165, 1.54) is 12.4 Å². The van der Waals surface area contributed by atoms with Crippen molar-refractivity contribution >= 4 is 5.91 Å². The van der Waals surface area contributed by atoms with E-state index in [1.807, 2.05) is 0 Å². The summed E-state index contributed by atoms with van der Waals surface area (Å²) in [5.74, 6) is -0.440. The number of amides is 1. The van der Waals surface area contributed by atoms with E-state index in [2.05, 4.69) is 0 Å². The van der Waals surface area contributed by atoms with Crippen molar-refractivity contribution in [1.82, 2.24) is 5.48 Å². The summed E-state index contributed by atoms with van der Waals surface area (Å²) in [5.41, 5.74) is 1.39. The summed E-state index contributed by atoms with van der Waals surface area (Å²) in [4.78, 5) is 9.45. The van der Waals surface area contributed by atoms with E-state index in [-0.39, 0.29) is 33.4 Å². The van der Waals surface area contributed by atoms with Crippen LogP contribution in [-0.2, 0) is 23.4 Å². The Balaban J connectivity index is -0.0000000267. The molecule has 0 aliphatic carbocycles. The molecule has 0 atom stereocenters. The molecule has 1 radical (unpaired) electrons. The van der Waals surface area contributed by atoms with Gasteiger partial charge in [-0.25, -0.2) is 5.48 Å². The van der Waals surface area contributed by atoms with Gasteiger partial charge in [0.25, 0.3) is 0 Å². The number of hydroxylamine groups is 1. The Morgan fingerprint density at radius 1 is 1.50 bits per heavy atom. The molecule has 4 heteroatoms. The normalized spacial score (nSPS) is 4.25. The molecule has 0 aromatic carbocycles. The van der Waals surface area contributed by atoms with Gasteiger partial charge in [-0.05, 0) is 0 Å². The molecular formula is C4H11NO2V. The minimum atomic E-state index is -0.440. The third-order valence-electron chi connectivity index (χ3n) is 0.157. The summed E-state index contributed by atoms with van der Waals surface area (Å²) in [6.07, 6.45) is 0. The average Bonchev–Trinajstić information content (AvgIpc) is 1.38. The Morgan fingerprint density at radius 2 is 1.62 bits per heavy atom. The van der Waals surface area contributed by atoms with Crippen molar-refractivity contribution in [2.24, 2.45) is 0 Å². The van der Waals surface area contributed by atoms with Crippen LogP contribution in [0.3, 0.4) is 0 Å². The monoisotopic (exact) mass is 156 g/mol. The van der Waals surface area contributed by atoms with E-state index in [0.717, 1.165) is 0 Å². The fourth-order valence-corrected chi connectivity index (χ4v) is 0. The van der Waals surface area contributed by atoms with Crippen molar-refractivity contribution < 1.29 is 28.6 Å². The molecule has 0 aliphatic rings. The second-order valence-electron chi connectivity index (χ2n) is 0.668. The van der Waals surface area contributed by atoms with Gasteiger partial charge in [0, 0.05) is 6.92 Å². The Labute approximate surface area is 62.3 Å². The summed E-state index contributed by atoms with van der Waals surface area (Å²) in [6.45, 7) is 1.22. The van der Waals surface area contributed by atoms with Crippen LogP contribution >= 0.6 is 0 Å². The third kappa shape index (κ3) is 37.3. The summed E-state index contributed by atoms with van der Waals surface area (Å²) < 4.78 is 0. The second kappa shape index (κ2) is 15.7. The number of hydrogen-bond acceptors (Lipinski definition) is 2. The average molecular weight is 156 g/mol. The maximum Gasteiger partial charge on any atom is 2.00 e. The standard InChI is InChI=1S/C2H5NO2.2CH3.V/c1-2(4)3-5;;;/h5H,1H3,(H,3,4);2*1H3;/q;2*-1;+2. The molecular weight excluding hydrogens is 145 g/mol. The quantitative estimate of drug-likeness (QED) is 0.303. The molecule has 1 amide bonds. The first kappa shape index (κ1) is 24.5. The van der Waals surface area contributed by atoms with E-state index in [4.69, 9.17) is 5.21 Å². The van der Waals surface area contributed by atoms with Gasteiger partial charge in [-0.1, -0.05) is 0 Å². The first-order valence-corrected chi connectivity index (χ1v) is 1.18. The van der Waals surface area contributed by atoms with Crippen molar-refractivity contribution in [2.75, 3.05) is 0 Å². The molecule has 2 N–H and O–H groups in total. The first-order valence-electron chi connectivity index (χ1n) is 1.18. The molecule has 3 nitrogen and oxygen atoms in total.